The molecule has 0 N–H and O–H groups in total. The number of nitrogens with zero attached hydrogens (tertiary/aromatic N) is 1. The number of rotatable bonds is 1. The quantitative estimate of drug-likeness (QED) is 0.549. The van der Waals surface area contributed by atoms with Crippen LogP contribution in [0.5, 0.6) is 0 Å². The minimum atomic E-state index is -0.446. The van der Waals surface area contributed by atoms with E-state index < -0.39 is 11.6 Å². The summed E-state index contributed by atoms with van der Waals surface area (Å²) in [5.74, 6) is -0.838. The molecule has 0 radical (unpaired) electrons. The molecule has 0 spiro atoms. The SMILES string of the molecule is Fc1cc(Br)c(F)c(Br)c1N1CCCC1. The average molecular weight is 341 g/mol. The fourth-order valence-corrected chi connectivity index (χ4v) is 3.11. The van der Waals surface area contributed by atoms with Crippen LogP contribution in [0.4, 0.5) is 14.5 Å². The van der Waals surface area contributed by atoms with Gasteiger partial charge in [-0.2, -0.15) is 0 Å². The highest BCUT2D eigenvalue weighted by Gasteiger charge is 2.22. The summed E-state index contributed by atoms with van der Waals surface area (Å²) in [7, 11) is 0. The molecule has 5 heteroatoms. The zero-order valence-corrected chi connectivity index (χ0v) is 11.0. The van der Waals surface area contributed by atoms with E-state index in [1.807, 2.05) is 4.90 Å². The molecule has 1 aliphatic rings. The van der Waals surface area contributed by atoms with E-state index in [0.717, 1.165) is 25.9 Å². The first-order valence-electron chi connectivity index (χ1n) is 4.69. The van der Waals surface area contributed by atoms with Crippen molar-refractivity contribution in [2.24, 2.45) is 0 Å². The molecule has 0 amide bonds. The van der Waals surface area contributed by atoms with E-state index in [1.165, 1.54) is 6.07 Å². The highest BCUT2D eigenvalue weighted by atomic mass is 79.9. The Balaban J connectivity index is 2.50. The molecule has 0 unspecified atom stereocenters. The van der Waals surface area contributed by atoms with Gasteiger partial charge in [0.05, 0.1) is 14.6 Å². The Morgan fingerprint density at radius 2 is 1.73 bits per heavy atom. The van der Waals surface area contributed by atoms with E-state index >= 15 is 0 Å². The molecular formula is C10H9Br2F2N. The van der Waals surface area contributed by atoms with Crippen molar-refractivity contribution < 1.29 is 8.78 Å². The van der Waals surface area contributed by atoms with Crippen LogP contribution >= 0.6 is 31.9 Å². The van der Waals surface area contributed by atoms with Crippen molar-refractivity contribution in [2.45, 2.75) is 12.8 Å². The molecule has 0 aromatic heterocycles. The minimum absolute atomic E-state index is 0.148. The summed E-state index contributed by atoms with van der Waals surface area (Å²) in [6.07, 6.45) is 2.06. The molecular weight excluding hydrogens is 332 g/mol. The molecule has 1 aromatic rings. The lowest BCUT2D eigenvalue weighted by Crippen LogP contribution is -2.20. The summed E-state index contributed by atoms with van der Waals surface area (Å²) in [5.41, 5.74) is 0.341. The highest BCUT2D eigenvalue weighted by molar-refractivity contribution is 9.11. The lowest BCUT2D eigenvalue weighted by Gasteiger charge is -2.20. The lowest BCUT2D eigenvalue weighted by molar-refractivity contribution is 0.585. The monoisotopic (exact) mass is 339 g/mol. The first kappa shape index (κ1) is 11.3. The van der Waals surface area contributed by atoms with E-state index in [1.54, 1.807) is 0 Å². The maximum atomic E-state index is 13.7. The van der Waals surface area contributed by atoms with Crippen molar-refractivity contribution in [1.82, 2.24) is 0 Å². The smallest absolute Gasteiger partial charge is 0.153 e. The fourth-order valence-electron chi connectivity index (χ4n) is 1.79. The van der Waals surface area contributed by atoms with Crippen LogP contribution in [0, 0.1) is 11.6 Å². The number of halogens is 4. The molecule has 1 nitrogen and oxygen atoms in total. The Morgan fingerprint density at radius 3 is 2.33 bits per heavy atom. The van der Waals surface area contributed by atoms with Gasteiger partial charge in [-0.05, 0) is 50.8 Å². The fraction of sp³-hybridized carbons (Fsp3) is 0.400. The summed E-state index contributed by atoms with van der Waals surface area (Å²) in [6, 6.07) is 1.17. The summed E-state index contributed by atoms with van der Waals surface area (Å²) in [4.78, 5) is 1.87. The van der Waals surface area contributed by atoms with Crippen molar-refractivity contribution in [3.8, 4) is 0 Å². The Kier molecular flexibility index (Phi) is 3.30. The summed E-state index contributed by atoms with van der Waals surface area (Å²) >= 11 is 6.08. The van der Waals surface area contributed by atoms with Crippen molar-refractivity contribution in [3.05, 3.63) is 26.6 Å². The van der Waals surface area contributed by atoms with Gasteiger partial charge in [-0.15, -0.1) is 0 Å². The van der Waals surface area contributed by atoms with E-state index in [2.05, 4.69) is 31.9 Å². The zero-order chi connectivity index (χ0) is 11.0. The first-order chi connectivity index (χ1) is 7.11. The van der Waals surface area contributed by atoms with Crippen LogP contribution in [0.15, 0.2) is 15.0 Å². The second-order valence-electron chi connectivity index (χ2n) is 3.51. The summed E-state index contributed by atoms with van der Waals surface area (Å²) < 4.78 is 27.6. The van der Waals surface area contributed by atoms with Crippen LogP contribution in [0.2, 0.25) is 0 Å². The molecule has 1 saturated heterocycles. The van der Waals surface area contributed by atoms with Gasteiger partial charge in [0.15, 0.2) is 5.82 Å². The molecule has 82 valence electrons. The van der Waals surface area contributed by atoms with Crippen molar-refractivity contribution in [2.75, 3.05) is 18.0 Å². The minimum Gasteiger partial charge on any atom is -0.368 e. The second kappa shape index (κ2) is 4.37. The van der Waals surface area contributed by atoms with Gasteiger partial charge in [-0.3, -0.25) is 0 Å². The third-order valence-electron chi connectivity index (χ3n) is 2.51. The molecule has 1 fully saturated rings. The van der Waals surface area contributed by atoms with Crippen LogP contribution in [0.3, 0.4) is 0 Å². The van der Waals surface area contributed by atoms with E-state index in [9.17, 15) is 8.78 Å². The van der Waals surface area contributed by atoms with Crippen molar-refractivity contribution in [1.29, 1.82) is 0 Å². The second-order valence-corrected chi connectivity index (χ2v) is 5.16. The van der Waals surface area contributed by atoms with Crippen molar-refractivity contribution >= 4 is 37.5 Å². The first-order valence-corrected chi connectivity index (χ1v) is 6.28. The lowest BCUT2D eigenvalue weighted by atomic mass is 10.2. The Morgan fingerprint density at radius 1 is 1.13 bits per heavy atom. The van der Waals surface area contributed by atoms with Gasteiger partial charge in [0.25, 0.3) is 0 Å². The molecule has 1 heterocycles. The van der Waals surface area contributed by atoms with Gasteiger partial charge in [0.1, 0.15) is 5.82 Å². The predicted octanol–water partition coefficient (Wildman–Crippen LogP) is 4.09. The van der Waals surface area contributed by atoms with Crippen LogP contribution < -0.4 is 4.90 Å². The zero-order valence-electron chi connectivity index (χ0n) is 7.86. The maximum absolute atomic E-state index is 13.7. The Labute approximate surface area is 104 Å². The molecule has 0 bridgehead atoms. The maximum Gasteiger partial charge on any atom is 0.153 e. The third kappa shape index (κ3) is 2.04. The van der Waals surface area contributed by atoms with Gasteiger partial charge in [-0.25, -0.2) is 8.78 Å². The average Bonchev–Trinajstić information content (AvgIpc) is 2.68. The molecule has 0 aliphatic carbocycles. The highest BCUT2D eigenvalue weighted by Crippen LogP contribution is 2.37. The van der Waals surface area contributed by atoms with Gasteiger partial charge >= 0.3 is 0 Å². The number of benzene rings is 1. The third-order valence-corrected chi connectivity index (χ3v) is 3.81. The predicted molar refractivity (Wildman–Crippen MR) is 63.2 cm³/mol. The standard InChI is InChI=1S/C10H9Br2F2N/c11-6-5-7(13)10(8(12)9(6)14)15-3-1-2-4-15/h5H,1-4H2. The van der Waals surface area contributed by atoms with Crippen molar-refractivity contribution in [3.63, 3.8) is 0 Å². The van der Waals surface area contributed by atoms with Gasteiger partial charge in [0.2, 0.25) is 0 Å². The molecule has 0 saturated carbocycles. The summed E-state index contributed by atoms with van der Waals surface area (Å²) in [6.45, 7) is 1.58. The topological polar surface area (TPSA) is 3.24 Å². The summed E-state index contributed by atoms with van der Waals surface area (Å²) in [5, 5.41) is 0. The number of hydrogen-bond donors (Lipinski definition) is 0. The number of anilines is 1. The molecule has 15 heavy (non-hydrogen) atoms. The van der Waals surface area contributed by atoms with E-state index in [4.69, 9.17) is 0 Å². The van der Waals surface area contributed by atoms with Crippen LogP contribution in [0.25, 0.3) is 0 Å². The molecule has 0 atom stereocenters. The van der Waals surface area contributed by atoms with Crippen LogP contribution in [-0.2, 0) is 0 Å². The van der Waals surface area contributed by atoms with Crippen LogP contribution in [0.1, 0.15) is 12.8 Å². The number of hydrogen-bond acceptors (Lipinski definition) is 1. The van der Waals surface area contributed by atoms with Crippen LogP contribution in [-0.4, -0.2) is 13.1 Å². The van der Waals surface area contributed by atoms with E-state index in [-0.39, 0.29) is 8.95 Å². The molecule has 2 rings (SSSR count). The molecule has 1 aliphatic heterocycles. The van der Waals surface area contributed by atoms with Gasteiger partial charge < -0.3 is 4.90 Å². The molecule has 1 aromatic carbocycles. The largest absolute Gasteiger partial charge is 0.368 e. The Hall–Kier alpha value is -0.160. The van der Waals surface area contributed by atoms with Gasteiger partial charge in [-0.1, -0.05) is 0 Å². The Bertz CT molecular complexity index is 389. The van der Waals surface area contributed by atoms with Gasteiger partial charge in [0, 0.05) is 13.1 Å². The normalized spacial score (nSPS) is 16.1. The van der Waals surface area contributed by atoms with E-state index in [0.29, 0.717) is 5.69 Å².